The number of pyridine rings is 6. The second-order valence-electron chi connectivity index (χ2n) is 34.7. The smallest absolute Gasteiger partial charge is 0.178 e. The van der Waals surface area contributed by atoms with E-state index in [4.69, 9.17) is 53.6 Å². The number of aryl methyl sites for hydroxylation is 1. The number of anilines is 10. The molecule has 18 aromatic heterocycles. The van der Waals surface area contributed by atoms with Crippen molar-refractivity contribution in [2.75, 3.05) is 176 Å². The number of halogens is 6. The monoisotopic (exact) mass is 2420 g/mol. The van der Waals surface area contributed by atoms with Crippen molar-refractivity contribution in [2.45, 2.75) is 19.8 Å². The third-order valence-electron chi connectivity index (χ3n) is 25.6. The first-order chi connectivity index (χ1) is 69.0. The topological polar surface area (TPSA) is 587 Å². The summed E-state index contributed by atoms with van der Waals surface area (Å²) in [6, 6.07) is 13.9. The van der Waals surface area contributed by atoms with Gasteiger partial charge in [0.05, 0.1) is 99.9 Å². The summed E-state index contributed by atoms with van der Waals surface area (Å²) in [4.78, 5) is 71.9. The predicted molar refractivity (Wildman–Crippen MR) is 574 cm³/mol. The Morgan fingerprint density at radius 3 is 1.08 bits per heavy atom. The molecule has 0 atom stereocenters. The lowest BCUT2D eigenvalue weighted by Crippen LogP contribution is -2.41. The summed E-state index contributed by atoms with van der Waals surface area (Å²) in [6.45, 7) is 5.79. The van der Waals surface area contributed by atoms with Crippen LogP contribution >= 0.6 is 95.6 Å². The highest BCUT2D eigenvalue weighted by molar-refractivity contribution is 9.15. The number of nitrogens with two attached hydrogens (primary N) is 5. The first kappa shape index (κ1) is 97.3. The van der Waals surface area contributed by atoms with E-state index in [1.54, 1.807) is 90.7 Å². The van der Waals surface area contributed by atoms with Gasteiger partial charge in [-0.15, -0.1) is 0 Å². The van der Waals surface area contributed by atoms with E-state index in [0.29, 0.717) is 191 Å². The number of hydrogen-bond acceptors (Lipinski definition) is 38. The number of hydrogen-bond donors (Lipinski definition) is 6. The number of nitrogen functional groups attached to an aromatic ring is 5. The third kappa shape index (κ3) is 18.9. The van der Waals surface area contributed by atoms with Gasteiger partial charge in [0.1, 0.15) is 91.7 Å². The summed E-state index contributed by atoms with van der Waals surface area (Å²) < 4.78 is 130. The minimum atomic E-state index is -3.00. The fourth-order valence-electron chi connectivity index (χ4n) is 17.6. The van der Waals surface area contributed by atoms with Crippen molar-refractivity contribution in [3.05, 3.63) is 192 Å². The quantitative estimate of drug-likeness (QED) is 0.0741. The average molecular weight is 2430 g/mol. The highest BCUT2D eigenvalue weighted by Gasteiger charge is 2.35. The molecule has 0 aromatic carbocycles. The van der Waals surface area contributed by atoms with E-state index < -0.39 is 49.2 Å². The number of sulfone groups is 5. The molecule has 0 bridgehead atoms. The van der Waals surface area contributed by atoms with E-state index in [1.807, 2.05) is 80.4 Å². The van der Waals surface area contributed by atoms with Gasteiger partial charge in [-0.25, -0.2) is 91.9 Å². The molecule has 0 saturated carbocycles. The van der Waals surface area contributed by atoms with E-state index >= 15 is 0 Å². The SMILES string of the molecule is Cc1c[nH]c2ncc(-c3cnn4c(N)c(Br)c(N5CCS(=O)(=O)CC5)nc34)cc12.Nc1c(Br)c(N2CCS(=O)(=O)CC2)nc2c(-c3cnc4c(c3)CC=C4)cnn12.Nc1c(Br)c(N2CCS(=O)(=O)CC2)nc2c(-c3cnc4c(c3)CC=C4Br)cnn12.Nc1c(Br)c(N2CCS(=O)(=O)CC2)nc2c(-c3cnc4ncccc4c3)cnn12.Nc1c(Br)c(N2CCS(=O)(=O)CC2)nc2c(-c3cnc4nccnc4c3)cnn12. The number of aromatic amines is 1. The van der Waals surface area contributed by atoms with Crippen molar-refractivity contribution in [1.29, 1.82) is 0 Å². The summed E-state index contributed by atoms with van der Waals surface area (Å²) in [7, 11) is -15.0. The summed E-state index contributed by atoms with van der Waals surface area (Å²) >= 11 is 21.1. The Morgan fingerprint density at radius 2 is 0.681 bits per heavy atom. The van der Waals surface area contributed by atoms with E-state index in [0.717, 1.165) is 112 Å². The maximum absolute atomic E-state index is 11.8. The van der Waals surface area contributed by atoms with Crippen LogP contribution in [0.1, 0.15) is 28.1 Å². The maximum Gasteiger partial charge on any atom is 0.178 e. The van der Waals surface area contributed by atoms with Crippen LogP contribution in [0.5, 0.6) is 0 Å². The van der Waals surface area contributed by atoms with Crippen LogP contribution in [0.2, 0.25) is 0 Å². The molecule has 2 aliphatic carbocycles. The van der Waals surface area contributed by atoms with E-state index in [9.17, 15) is 42.1 Å². The van der Waals surface area contributed by atoms with Crippen LogP contribution in [-0.4, -0.2) is 283 Å². The van der Waals surface area contributed by atoms with Gasteiger partial charge < -0.3 is 58.2 Å². The Hall–Kier alpha value is -12.8. The molecule has 18 aromatic rings. The van der Waals surface area contributed by atoms with Crippen LogP contribution in [0.15, 0.2) is 164 Å². The fraction of sp³-hybridized carbons (Fsp3) is 0.258. The largest absolute Gasteiger partial charge is 0.383 e. The summed E-state index contributed by atoms with van der Waals surface area (Å²) in [6.07, 6.45) is 32.1. The van der Waals surface area contributed by atoms with E-state index in [-0.39, 0.29) is 57.5 Å². The Morgan fingerprint density at radius 1 is 0.347 bits per heavy atom. The zero-order valence-electron chi connectivity index (χ0n) is 75.7. The molecular formula is C89H82Br6N34O10S5. The van der Waals surface area contributed by atoms with Crippen LogP contribution in [0.3, 0.4) is 0 Å². The summed E-state index contributed by atoms with van der Waals surface area (Å²) in [5.74, 6) is 6.16. The van der Waals surface area contributed by atoms with Crippen molar-refractivity contribution >= 4 is 275 Å². The highest BCUT2D eigenvalue weighted by Crippen LogP contribution is 2.44. The first-order valence-electron chi connectivity index (χ1n) is 44.6. The standard InChI is InChI=1S/C18H16Br2N6O2S.C18H18BrN7O2S.C18H16BrN7O2S.C18H17BrN6O2S.C17H15BrN8O2S/c19-13-2-1-10-7-11(8-22-15(10)13)12-9-23-26-16(21)14(20)18(24-17(12)26)25-3-5-29(27,28)6-4-25;1-10-7-21-16-12(10)6-11(8-22-16)13-9-23-26-15(20)14(19)18(24-17(13)26)25-2-4-29(27,28)5-3-25;19-14-15(20)26-17(24-18(14)25-4-6-29(27,28)7-5-25)13(10-23-26)12-8-11-2-1-3-21-16(11)22-9-12;19-15-16(20)25-17(23-18(15)24-4-6-28(26,27)7-5-24)13(10-22-25)12-8-11-2-1-3-14(11)21-9-12;18-13-14(19)26-16(24-17(13)25-3-5-29(27,28)6-4-25)11(9-23-26)10-7-12-15(22-8-10)21-2-1-20-12/h2,7-9H,1,3-6,21H2;6-9H,2-5,20H2,1H3,(H,21,22);1-3,8-10H,4-7,20H2;1,3,8-10H,2,4-7,20H2;1-2,7-9H,3-6,19H2. The van der Waals surface area contributed by atoms with Crippen LogP contribution in [0.4, 0.5) is 58.2 Å². The molecule has 5 saturated heterocycles. The molecule has 23 heterocycles. The molecule has 5 fully saturated rings. The molecular weight excluding hydrogens is 2340 g/mol. The Labute approximate surface area is 870 Å². The predicted octanol–water partition coefficient (Wildman–Crippen LogP) is 10.00. The van der Waals surface area contributed by atoms with Gasteiger partial charge >= 0.3 is 0 Å². The number of rotatable bonds is 10. The molecule has 25 rings (SSSR count). The van der Waals surface area contributed by atoms with Gasteiger partial charge in [-0.1, -0.05) is 12.2 Å². The van der Waals surface area contributed by atoms with Crippen LogP contribution in [-0.2, 0) is 62.0 Å². The molecule has 44 nitrogen and oxygen atoms in total. The molecule has 0 radical (unpaired) electrons. The number of nitrogens with one attached hydrogen (secondary N) is 1. The second kappa shape index (κ2) is 38.3. The summed E-state index contributed by atoms with van der Waals surface area (Å²) in [5.41, 5.74) is 50.9. The molecule has 0 unspecified atom stereocenters. The minimum Gasteiger partial charge on any atom is -0.383 e. The van der Waals surface area contributed by atoms with Gasteiger partial charge in [-0.3, -0.25) is 15.0 Å². The zero-order valence-corrected chi connectivity index (χ0v) is 89.3. The lowest BCUT2D eigenvalue weighted by molar-refractivity contribution is 0.584. The van der Waals surface area contributed by atoms with E-state index in [2.05, 4.69) is 196 Å². The Balaban J connectivity index is 0.000000106. The van der Waals surface area contributed by atoms with Gasteiger partial charge in [0.2, 0.25) is 0 Å². The Kier molecular flexibility index (Phi) is 25.9. The number of allylic oxidation sites excluding steroid dienone is 2. The van der Waals surface area contributed by atoms with Crippen molar-refractivity contribution in [3.8, 4) is 55.6 Å². The van der Waals surface area contributed by atoms with Crippen LogP contribution in [0, 0.1) is 6.92 Å². The minimum absolute atomic E-state index is 0.0889. The number of fused-ring (bicyclic) bond motifs is 10. The molecule has 144 heavy (non-hydrogen) atoms. The lowest BCUT2D eigenvalue weighted by Gasteiger charge is -2.28. The van der Waals surface area contributed by atoms with E-state index in [1.165, 1.54) is 5.56 Å². The van der Waals surface area contributed by atoms with Gasteiger partial charge in [0.15, 0.2) is 88.7 Å². The summed E-state index contributed by atoms with van der Waals surface area (Å²) in [5, 5.41) is 23.9. The molecule has 55 heteroatoms. The molecule has 740 valence electrons. The van der Waals surface area contributed by atoms with Gasteiger partial charge in [0.25, 0.3) is 0 Å². The lowest BCUT2D eigenvalue weighted by atomic mass is 10.1. The fourth-order valence-corrected chi connectivity index (χ4v) is 26.7. The van der Waals surface area contributed by atoms with Crippen molar-refractivity contribution in [3.63, 3.8) is 0 Å². The molecule has 0 amide bonds. The highest BCUT2D eigenvalue weighted by atomic mass is 79.9. The second-order valence-corrected chi connectivity index (χ2v) is 51.0. The normalized spacial score (nSPS) is 17.2. The van der Waals surface area contributed by atoms with Crippen molar-refractivity contribution in [2.24, 2.45) is 0 Å². The number of H-pyrrole nitrogens is 1. The maximum atomic E-state index is 11.8. The molecule has 11 N–H and O–H groups in total. The van der Waals surface area contributed by atoms with Gasteiger partial charge in [0, 0.05) is 192 Å². The number of nitrogens with zero attached hydrogens (tertiary/aromatic N) is 28. The van der Waals surface area contributed by atoms with Gasteiger partial charge in [-0.05, 0) is 181 Å². The van der Waals surface area contributed by atoms with Crippen molar-refractivity contribution in [1.82, 2.24) is 118 Å². The average Bonchev–Trinajstić information content (AvgIpc) is 1.56. The molecule has 0 spiro atoms. The van der Waals surface area contributed by atoms with Crippen LogP contribution < -0.4 is 53.2 Å². The first-order valence-corrected chi connectivity index (χ1v) is 58.5. The molecule has 7 aliphatic rings. The zero-order chi connectivity index (χ0) is 100. The molecule has 5 aliphatic heterocycles. The van der Waals surface area contributed by atoms with Gasteiger partial charge in [-0.2, -0.15) is 48.1 Å². The third-order valence-corrected chi connectivity index (χ3v) is 38.2. The van der Waals surface area contributed by atoms with Crippen molar-refractivity contribution < 1.29 is 42.1 Å². The Bertz CT molecular complexity index is 8780. The van der Waals surface area contributed by atoms with Crippen LogP contribution in [0.25, 0.3) is 128 Å². The number of aromatic nitrogens is 24.